The minimum Gasteiger partial charge on any atom is -0.351 e. The molecule has 0 bridgehead atoms. The predicted molar refractivity (Wildman–Crippen MR) is 80.1 cm³/mol. The van der Waals surface area contributed by atoms with Gasteiger partial charge in [0.1, 0.15) is 5.82 Å². The fourth-order valence-corrected chi connectivity index (χ4v) is 3.28. The van der Waals surface area contributed by atoms with E-state index in [-0.39, 0.29) is 17.9 Å². The maximum atomic E-state index is 11.8. The molecule has 0 spiro atoms. The van der Waals surface area contributed by atoms with Crippen molar-refractivity contribution >= 4 is 22.6 Å². The van der Waals surface area contributed by atoms with Crippen molar-refractivity contribution in [1.82, 2.24) is 14.7 Å². The van der Waals surface area contributed by atoms with Gasteiger partial charge in [-0.25, -0.2) is 4.98 Å². The van der Waals surface area contributed by atoms with Gasteiger partial charge in [0.05, 0.1) is 0 Å². The minimum absolute atomic E-state index is 0.0494. The van der Waals surface area contributed by atoms with Crippen LogP contribution in [-0.2, 0) is 4.79 Å². The Morgan fingerprint density at radius 3 is 2.90 bits per heavy atom. The summed E-state index contributed by atoms with van der Waals surface area (Å²) in [7, 11) is 0. The van der Waals surface area contributed by atoms with E-state index in [9.17, 15) is 4.79 Å². The van der Waals surface area contributed by atoms with Crippen LogP contribution >= 0.6 is 11.5 Å². The second kappa shape index (κ2) is 5.68. The number of rotatable bonds is 4. The van der Waals surface area contributed by atoms with Crippen molar-refractivity contribution < 1.29 is 4.79 Å². The first-order valence-electron chi connectivity index (χ1n) is 7.52. The summed E-state index contributed by atoms with van der Waals surface area (Å²) < 4.78 is 4.47. The van der Waals surface area contributed by atoms with Gasteiger partial charge in [0.2, 0.25) is 11.0 Å². The summed E-state index contributed by atoms with van der Waals surface area (Å²) in [4.78, 5) is 18.7. The van der Waals surface area contributed by atoms with Crippen molar-refractivity contribution in [2.24, 2.45) is 5.92 Å². The smallest absolute Gasteiger partial charge is 0.222 e. The fourth-order valence-electron chi connectivity index (χ4n) is 2.50. The highest BCUT2D eigenvalue weighted by Crippen LogP contribution is 2.39. The third kappa shape index (κ3) is 3.11. The third-order valence-corrected chi connectivity index (χ3v) is 4.73. The number of nitrogens with one attached hydrogen (secondary N) is 1. The van der Waals surface area contributed by atoms with Crippen molar-refractivity contribution in [3.63, 3.8) is 0 Å². The molecule has 2 fully saturated rings. The van der Waals surface area contributed by atoms with Crippen molar-refractivity contribution in [2.45, 2.75) is 51.5 Å². The van der Waals surface area contributed by atoms with E-state index in [2.05, 4.69) is 19.6 Å². The largest absolute Gasteiger partial charge is 0.351 e. The van der Waals surface area contributed by atoms with Crippen LogP contribution in [0.4, 0.5) is 5.13 Å². The molecule has 2 heterocycles. The van der Waals surface area contributed by atoms with E-state index in [0.717, 1.165) is 36.9 Å². The number of carbonyl (C=O) groups excluding carboxylic acids is 1. The molecule has 2 aliphatic rings. The molecular weight excluding hydrogens is 272 g/mol. The van der Waals surface area contributed by atoms with Crippen LogP contribution in [0.1, 0.15) is 51.3 Å². The lowest BCUT2D eigenvalue weighted by Gasteiger charge is -2.33. The second-order valence-corrected chi connectivity index (χ2v) is 6.89. The Morgan fingerprint density at radius 1 is 1.40 bits per heavy atom. The molecule has 1 saturated heterocycles. The highest BCUT2D eigenvalue weighted by Gasteiger charge is 2.30. The Hall–Kier alpha value is -1.17. The molecule has 1 atom stereocenters. The number of anilines is 1. The van der Waals surface area contributed by atoms with Crippen LogP contribution in [0.5, 0.6) is 0 Å². The van der Waals surface area contributed by atoms with Gasteiger partial charge >= 0.3 is 0 Å². The molecule has 1 aliphatic carbocycles. The lowest BCUT2D eigenvalue weighted by Crippen LogP contribution is -2.48. The summed E-state index contributed by atoms with van der Waals surface area (Å²) in [6.45, 7) is 5.75. The molecule has 1 amide bonds. The average Bonchev–Trinajstić information content (AvgIpc) is 3.16. The first-order chi connectivity index (χ1) is 9.63. The van der Waals surface area contributed by atoms with Crippen molar-refractivity contribution in [2.75, 3.05) is 18.0 Å². The molecule has 1 aromatic rings. The molecule has 110 valence electrons. The number of hydrogen-bond acceptors (Lipinski definition) is 5. The van der Waals surface area contributed by atoms with Gasteiger partial charge in [0, 0.05) is 42.5 Å². The maximum absolute atomic E-state index is 11.8. The van der Waals surface area contributed by atoms with Gasteiger partial charge in [-0.2, -0.15) is 4.37 Å². The van der Waals surface area contributed by atoms with Gasteiger partial charge in [-0.3, -0.25) is 4.79 Å². The normalized spacial score (nSPS) is 23.1. The summed E-state index contributed by atoms with van der Waals surface area (Å²) in [6, 6.07) is 0.243. The molecule has 1 aromatic heterocycles. The highest BCUT2D eigenvalue weighted by atomic mass is 32.1. The van der Waals surface area contributed by atoms with E-state index in [1.54, 1.807) is 0 Å². The lowest BCUT2D eigenvalue weighted by molar-refractivity contribution is -0.124. The topological polar surface area (TPSA) is 58.1 Å². The molecule has 20 heavy (non-hydrogen) atoms. The molecule has 0 radical (unpaired) electrons. The van der Waals surface area contributed by atoms with Crippen LogP contribution in [0.25, 0.3) is 0 Å². The first-order valence-corrected chi connectivity index (χ1v) is 8.29. The van der Waals surface area contributed by atoms with Gasteiger partial charge in [-0.05, 0) is 25.7 Å². The summed E-state index contributed by atoms with van der Waals surface area (Å²) >= 11 is 1.50. The molecule has 0 aromatic carbocycles. The molecular formula is C14H22N4OS. The molecule has 1 aliphatic heterocycles. The number of aromatic nitrogens is 2. The molecule has 6 heteroatoms. The van der Waals surface area contributed by atoms with Crippen molar-refractivity contribution in [1.29, 1.82) is 0 Å². The van der Waals surface area contributed by atoms with E-state index >= 15 is 0 Å². The third-order valence-electron chi connectivity index (χ3n) is 3.94. The van der Waals surface area contributed by atoms with Gasteiger partial charge in [0.15, 0.2) is 0 Å². The predicted octanol–water partition coefficient (Wildman–Crippen LogP) is 2.16. The fraction of sp³-hybridized carbons (Fsp3) is 0.786. The zero-order valence-electron chi connectivity index (χ0n) is 12.1. The van der Waals surface area contributed by atoms with Gasteiger partial charge < -0.3 is 10.2 Å². The number of nitrogens with zero attached hydrogens (tertiary/aromatic N) is 3. The molecule has 1 unspecified atom stereocenters. The lowest BCUT2D eigenvalue weighted by atomic mass is 10.1. The number of piperidine rings is 1. The number of amides is 1. The summed E-state index contributed by atoms with van der Waals surface area (Å²) in [5.74, 6) is 1.83. The molecule has 5 nitrogen and oxygen atoms in total. The highest BCUT2D eigenvalue weighted by molar-refractivity contribution is 7.09. The number of hydrogen-bond donors (Lipinski definition) is 1. The van der Waals surface area contributed by atoms with E-state index in [0.29, 0.717) is 5.92 Å². The number of carbonyl (C=O) groups is 1. The van der Waals surface area contributed by atoms with Crippen molar-refractivity contribution in [3.8, 4) is 0 Å². The van der Waals surface area contributed by atoms with E-state index in [1.165, 1.54) is 24.4 Å². The Bertz CT molecular complexity index is 483. The van der Waals surface area contributed by atoms with Crippen LogP contribution in [0.15, 0.2) is 0 Å². The molecule has 1 saturated carbocycles. The van der Waals surface area contributed by atoms with Crippen LogP contribution in [0.3, 0.4) is 0 Å². The van der Waals surface area contributed by atoms with Crippen LogP contribution in [0.2, 0.25) is 0 Å². The second-order valence-electron chi connectivity index (χ2n) is 6.16. The van der Waals surface area contributed by atoms with Gasteiger partial charge in [0.25, 0.3) is 0 Å². The Kier molecular flexibility index (Phi) is 3.92. The minimum atomic E-state index is 0.0494. The van der Waals surface area contributed by atoms with Crippen molar-refractivity contribution in [3.05, 3.63) is 5.82 Å². The quantitative estimate of drug-likeness (QED) is 0.924. The first kappa shape index (κ1) is 13.8. The van der Waals surface area contributed by atoms with Gasteiger partial charge in [-0.1, -0.05) is 13.8 Å². The monoisotopic (exact) mass is 294 g/mol. The van der Waals surface area contributed by atoms with Crippen LogP contribution < -0.4 is 10.2 Å². The van der Waals surface area contributed by atoms with Crippen LogP contribution in [0, 0.1) is 5.92 Å². The Balaban J connectivity index is 1.60. The molecule has 1 N–H and O–H groups in total. The van der Waals surface area contributed by atoms with E-state index in [4.69, 9.17) is 0 Å². The summed E-state index contributed by atoms with van der Waals surface area (Å²) in [6.07, 6.45) is 4.64. The Labute approximate surface area is 123 Å². The van der Waals surface area contributed by atoms with Gasteiger partial charge in [-0.15, -0.1) is 0 Å². The van der Waals surface area contributed by atoms with E-state index < -0.39 is 0 Å². The zero-order valence-corrected chi connectivity index (χ0v) is 12.9. The maximum Gasteiger partial charge on any atom is 0.222 e. The SMILES string of the molecule is CC(C)C(=O)NC1CCCN(c2nc(C3CC3)ns2)C1. The Morgan fingerprint density at radius 2 is 2.20 bits per heavy atom. The standard InChI is InChI=1S/C14H22N4OS/c1-9(2)13(19)15-11-4-3-7-18(8-11)14-16-12(17-20-14)10-5-6-10/h9-11H,3-8H2,1-2H3,(H,15,19). The average molecular weight is 294 g/mol. The summed E-state index contributed by atoms with van der Waals surface area (Å²) in [5, 5.41) is 4.16. The molecule has 3 rings (SSSR count). The zero-order chi connectivity index (χ0) is 14.1. The van der Waals surface area contributed by atoms with E-state index in [1.807, 2.05) is 13.8 Å². The van der Waals surface area contributed by atoms with Crippen LogP contribution in [-0.4, -0.2) is 34.4 Å². The summed E-state index contributed by atoms with van der Waals surface area (Å²) in [5.41, 5.74) is 0.